The van der Waals surface area contributed by atoms with E-state index in [0.29, 0.717) is 16.6 Å². The van der Waals surface area contributed by atoms with Crippen molar-refractivity contribution in [3.05, 3.63) is 29.8 Å². The number of piperidine rings is 1. The zero-order valence-electron chi connectivity index (χ0n) is 13.2. The van der Waals surface area contributed by atoms with E-state index in [9.17, 15) is 4.39 Å². The standard InChI is InChI=1S/C16H19FN4OS2/c17-12-8-11-13(21-5-2-1-3-6-21)4-7-22-14(11)9-15(12)23-20-16-18-10-19-24-16/h8-10,13H,1-7H2,(H,18,19,20). The highest BCUT2D eigenvalue weighted by Crippen LogP contribution is 2.40. The van der Waals surface area contributed by atoms with E-state index in [2.05, 4.69) is 19.0 Å². The number of nitrogens with one attached hydrogen (secondary N) is 1. The molecule has 1 saturated heterocycles. The number of rotatable bonds is 4. The van der Waals surface area contributed by atoms with Crippen LogP contribution in [0.5, 0.6) is 5.75 Å². The molecule has 1 unspecified atom stereocenters. The summed E-state index contributed by atoms with van der Waals surface area (Å²) in [7, 11) is 0. The molecule has 0 aliphatic carbocycles. The van der Waals surface area contributed by atoms with Gasteiger partial charge in [0.15, 0.2) is 0 Å². The van der Waals surface area contributed by atoms with Crippen molar-refractivity contribution in [1.29, 1.82) is 0 Å². The molecule has 2 aromatic rings. The molecule has 1 aromatic carbocycles. The highest BCUT2D eigenvalue weighted by Gasteiger charge is 2.29. The summed E-state index contributed by atoms with van der Waals surface area (Å²) in [4.78, 5) is 7.04. The van der Waals surface area contributed by atoms with Gasteiger partial charge in [-0.25, -0.2) is 9.37 Å². The first-order valence-corrected chi connectivity index (χ1v) is 9.80. The summed E-state index contributed by atoms with van der Waals surface area (Å²) in [5, 5.41) is 0.657. The summed E-state index contributed by atoms with van der Waals surface area (Å²) in [6.07, 6.45) is 6.17. The molecule has 24 heavy (non-hydrogen) atoms. The van der Waals surface area contributed by atoms with Crippen molar-refractivity contribution in [2.45, 2.75) is 36.6 Å². The van der Waals surface area contributed by atoms with Crippen LogP contribution in [0.15, 0.2) is 23.4 Å². The molecule has 2 aliphatic heterocycles. The predicted octanol–water partition coefficient (Wildman–Crippen LogP) is 4.11. The first-order chi connectivity index (χ1) is 11.8. The fourth-order valence-corrected chi connectivity index (χ4v) is 4.51. The van der Waals surface area contributed by atoms with E-state index in [4.69, 9.17) is 4.74 Å². The molecular formula is C16H19FN4OS2. The summed E-state index contributed by atoms with van der Waals surface area (Å²) in [5.74, 6) is 0.586. The van der Waals surface area contributed by atoms with Gasteiger partial charge in [0.1, 0.15) is 17.9 Å². The smallest absolute Gasteiger partial charge is 0.212 e. The van der Waals surface area contributed by atoms with E-state index in [-0.39, 0.29) is 11.9 Å². The summed E-state index contributed by atoms with van der Waals surface area (Å²) >= 11 is 2.45. The summed E-state index contributed by atoms with van der Waals surface area (Å²) in [6, 6.07) is 3.73. The number of fused-ring (bicyclic) bond motifs is 1. The van der Waals surface area contributed by atoms with Crippen LogP contribution >= 0.6 is 23.5 Å². The van der Waals surface area contributed by atoms with Crippen LogP contribution in [0.1, 0.15) is 37.3 Å². The summed E-state index contributed by atoms with van der Waals surface area (Å²) < 4.78 is 27.3. The second-order valence-corrected chi connectivity index (χ2v) is 7.65. The van der Waals surface area contributed by atoms with Gasteiger partial charge < -0.3 is 9.46 Å². The largest absolute Gasteiger partial charge is 0.493 e. The first-order valence-electron chi connectivity index (χ1n) is 8.21. The van der Waals surface area contributed by atoms with Crippen LogP contribution in [0.3, 0.4) is 0 Å². The number of likely N-dealkylation sites (tertiary alicyclic amines) is 1. The normalized spacial score (nSPS) is 21.1. The molecule has 0 saturated carbocycles. The summed E-state index contributed by atoms with van der Waals surface area (Å²) in [5.41, 5.74) is 0.987. The Morgan fingerprint density at radius 1 is 1.29 bits per heavy atom. The fourth-order valence-electron chi connectivity index (χ4n) is 3.38. The number of benzene rings is 1. The quantitative estimate of drug-likeness (QED) is 0.822. The van der Waals surface area contributed by atoms with Gasteiger partial charge in [-0.3, -0.25) is 4.90 Å². The van der Waals surface area contributed by atoms with Crippen molar-refractivity contribution in [1.82, 2.24) is 14.3 Å². The van der Waals surface area contributed by atoms with Crippen molar-refractivity contribution in [2.24, 2.45) is 0 Å². The molecule has 1 fully saturated rings. The number of anilines is 1. The third-order valence-corrected chi connectivity index (χ3v) is 6.05. The van der Waals surface area contributed by atoms with Gasteiger partial charge >= 0.3 is 0 Å². The van der Waals surface area contributed by atoms with Gasteiger partial charge in [-0.2, -0.15) is 4.37 Å². The molecule has 1 atom stereocenters. The number of ether oxygens (including phenoxy) is 1. The zero-order valence-corrected chi connectivity index (χ0v) is 14.8. The second-order valence-electron chi connectivity index (χ2n) is 6.02. The van der Waals surface area contributed by atoms with Crippen molar-refractivity contribution in [3.8, 4) is 5.75 Å². The molecule has 2 aliphatic rings. The number of nitrogens with zero attached hydrogens (tertiary/aromatic N) is 3. The minimum Gasteiger partial charge on any atom is -0.493 e. The molecule has 4 rings (SSSR count). The van der Waals surface area contributed by atoms with Gasteiger partial charge in [-0.1, -0.05) is 6.42 Å². The lowest BCUT2D eigenvalue weighted by Crippen LogP contribution is -2.36. The van der Waals surface area contributed by atoms with E-state index in [1.54, 1.807) is 12.1 Å². The van der Waals surface area contributed by atoms with E-state index in [1.807, 2.05) is 0 Å². The van der Waals surface area contributed by atoms with Gasteiger partial charge in [0.25, 0.3) is 0 Å². The predicted molar refractivity (Wildman–Crippen MR) is 94.1 cm³/mol. The molecule has 0 radical (unpaired) electrons. The van der Waals surface area contributed by atoms with Crippen LogP contribution in [0.4, 0.5) is 9.52 Å². The zero-order chi connectivity index (χ0) is 16.4. The lowest BCUT2D eigenvalue weighted by atomic mass is 9.96. The Morgan fingerprint density at radius 3 is 2.96 bits per heavy atom. The monoisotopic (exact) mass is 366 g/mol. The second kappa shape index (κ2) is 7.25. The molecule has 128 valence electrons. The van der Waals surface area contributed by atoms with Crippen LogP contribution in [-0.2, 0) is 0 Å². The lowest BCUT2D eigenvalue weighted by Gasteiger charge is -2.38. The van der Waals surface area contributed by atoms with Crippen molar-refractivity contribution in [2.75, 3.05) is 24.4 Å². The molecular weight excluding hydrogens is 347 g/mol. The maximum Gasteiger partial charge on any atom is 0.212 e. The van der Waals surface area contributed by atoms with E-state index < -0.39 is 0 Å². The molecule has 8 heteroatoms. The third-order valence-electron chi connectivity index (χ3n) is 4.51. The molecule has 0 spiro atoms. The molecule has 0 bridgehead atoms. The van der Waals surface area contributed by atoms with Gasteiger partial charge in [-0.05, 0) is 50.0 Å². The van der Waals surface area contributed by atoms with Crippen LogP contribution in [0, 0.1) is 5.82 Å². The van der Waals surface area contributed by atoms with E-state index in [1.165, 1.54) is 49.1 Å². The average Bonchev–Trinajstić information content (AvgIpc) is 3.14. The molecule has 3 heterocycles. The third kappa shape index (κ3) is 3.36. The Labute approximate surface area is 148 Å². The Balaban J connectivity index is 1.55. The molecule has 1 N–H and O–H groups in total. The Bertz CT molecular complexity index is 692. The van der Waals surface area contributed by atoms with Crippen LogP contribution in [0.25, 0.3) is 0 Å². The molecule has 5 nitrogen and oxygen atoms in total. The molecule has 0 amide bonds. The van der Waals surface area contributed by atoms with Gasteiger partial charge in [0.2, 0.25) is 5.13 Å². The SMILES string of the molecule is Fc1cc2c(cc1SNc1ncns1)OCCC2N1CCCCC1. The maximum atomic E-state index is 14.6. The minimum absolute atomic E-state index is 0.219. The highest BCUT2D eigenvalue weighted by molar-refractivity contribution is 8.00. The van der Waals surface area contributed by atoms with Crippen LogP contribution < -0.4 is 9.46 Å². The summed E-state index contributed by atoms with van der Waals surface area (Å²) in [6.45, 7) is 2.88. The lowest BCUT2D eigenvalue weighted by molar-refractivity contribution is 0.119. The Morgan fingerprint density at radius 2 is 2.17 bits per heavy atom. The van der Waals surface area contributed by atoms with Crippen LogP contribution in [-0.4, -0.2) is 34.0 Å². The fraction of sp³-hybridized carbons (Fsp3) is 0.500. The van der Waals surface area contributed by atoms with Gasteiger partial charge in [-0.15, -0.1) is 0 Å². The van der Waals surface area contributed by atoms with Gasteiger partial charge in [0, 0.05) is 29.6 Å². The first kappa shape index (κ1) is 16.1. The minimum atomic E-state index is -0.219. The number of hydrogen-bond acceptors (Lipinski definition) is 7. The van der Waals surface area contributed by atoms with Gasteiger partial charge in [0.05, 0.1) is 11.5 Å². The van der Waals surface area contributed by atoms with E-state index >= 15 is 0 Å². The van der Waals surface area contributed by atoms with Crippen molar-refractivity contribution >= 4 is 28.6 Å². The topological polar surface area (TPSA) is 50.3 Å². The van der Waals surface area contributed by atoms with Crippen LogP contribution in [0.2, 0.25) is 0 Å². The van der Waals surface area contributed by atoms with E-state index in [0.717, 1.165) is 30.8 Å². The average molecular weight is 366 g/mol. The Hall–Kier alpha value is -1.38. The number of aromatic nitrogens is 2. The highest BCUT2D eigenvalue weighted by atomic mass is 32.2. The van der Waals surface area contributed by atoms with Crippen molar-refractivity contribution in [3.63, 3.8) is 0 Å². The number of halogens is 1. The Kier molecular flexibility index (Phi) is 4.86. The van der Waals surface area contributed by atoms with Crippen molar-refractivity contribution < 1.29 is 9.13 Å². The molecule has 1 aromatic heterocycles. The maximum absolute atomic E-state index is 14.6. The number of hydrogen-bond donors (Lipinski definition) is 1.